The van der Waals surface area contributed by atoms with Crippen LogP contribution in [0.2, 0.25) is 0 Å². The van der Waals surface area contributed by atoms with Gasteiger partial charge in [0.1, 0.15) is 5.82 Å². The van der Waals surface area contributed by atoms with Gasteiger partial charge in [0.05, 0.1) is 6.54 Å². The zero-order valence-electron chi connectivity index (χ0n) is 8.88. The van der Waals surface area contributed by atoms with Crippen LogP contribution in [0.4, 0.5) is 0 Å². The predicted octanol–water partition coefficient (Wildman–Crippen LogP) is 1.43. The molecule has 78 valence electrons. The minimum absolute atomic E-state index is 0.406. The molecule has 0 saturated heterocycles. The van der Waals surface area contributed by atoms with E-state index < -0.39 is 0 Å². The highest BCUT2D eigenvalue weighted by atomic mass is 15.2. The second-order valence-electron chi connectivity index (χ2n) is 4.37. The summed E-state index contributed by atoms with van der Waals surface area (Å²) in [6.07, 6.45) is 2.78. The molecule has 4 nitrogen and oxygen atoms in total. The van der Waals surface area contributed by atoms with Crippen molar-refractivity contribution in [3.63, 3.8) is 0 Å². The summed E-state index contributed by atoms with van der Waals surface area (Å²) in [5.41, 5.74) is 0. The van der Waals surface area contributed by atoms with Gasteiger partial charge >= 0.3 is 0 Å². The Labute approximate surface area is 84.5 Å². The third-order valence-electron chi connectivity index (χ3n) is 2.49. The molecule has 2 N–H and O–H groups in total. The van der Waals surface area contributed by atoms with Crippen LogP contribution >= 0.6 is 0 Å². The molecule has 1 heterocycles. The number of nitrogens with zero attached hydrogens (tertiary/aromatic N) is 2. The molecule has 0 atom stereocenters. The topological polar surface area (TPSA) is 53.6 Å². The van der Waals surface area contributed by atoms with Crippen molar-refractivity contribution in [1.29, 1.82) is 0 Å². The molecule has 1 aliphatic carbocycles. The number of aromatic nitrogens is 3. The minimum atomic E-state index is 0.406. The lowest BCUT2D eigenvalue weighted by atomic mass is 10.2. The van der Waals surface area contributed by atoms with Crippen molar-refractivity contribution in [3.05, 3.63) is 11.6 Å². The Morgan fingerprint density at radius 1 is 1.50 bits per heavy atom. The number of rotatable bonds is 5. The molecule has 4 heteroatoms. The molecule has 2 rings (SSSR count). The van der Waals surface area contributed by atoms with Gasteiger partial charge in [-0.2, -0.15) is 5.10 Å². The van der Waals surface area contributed by atoms with Gasteiger partial charge in [-0.15, -0.1) is 0 Å². The van der Waals surface area contributed by atoms with Gasteiger partial charge in [0.25, 0.3) is 0 Å². The maximum atomic E-state index is 4.40. The molecular formula is C10H18N4. The molecule has 1 fully saturated rings. The quantitative estimate of drug-likeness (QED) is 0.745. The Morgan fingerprint density at radius 2 is 2.29 bits per heavy atom. The Morgan fingerprint density at radius 3 is 2.86 bits per heavy atom. The fourth-order valence-corrected chi connectivity index (χ4v) is 1.36. The maximum Gasteiger partial charge on any atom is 0.153 e. The van der Waals surface area contributed by atoms with Gasteiger partial charge < -0.3 is 5.32 Å². The highest BCUT2D eigenvalue weighted by molar-refractivity contribution is 4.94. The molecule has 0 aromatic carbocycles. The Bertz CT molecular complexity index is 288. The summed E-state index contributed by atoms with van der Waals surface area (Å²) in [6, 6.07) is 0. The summed E-state index contributed by atoms with van der Waals surface area (Å²) in [4.78, 5) is 4.40. The highest BCUT2D eigenvalue weighted by Crippen LogP contribution is 2.27. The highest BCUT2D eigenvalue weighted by Gasteiger charge is 2.20. The zero-order chi connectivity index (χ0) is 9.97. The second kappa shape index (κ2) is 4.09. The van der Waals surface area contributed by atoms with Crippen LogP contribution in [0.25, 0.3) is 0 Å². The molecular weight excluding hydrogens is 176 g/mol. The molecule has 0 unspecified atom stereocenters. The third-order valence-corrected chi connectivity index (χ3v) is 2.49. The maximum absolute atomic E-state index is 4.40. The third kappa shape index (κ3) is 2.54. The smallest absolute Gasteiger partial charge is 0.153 e. The minimum Gasteiger partial charge on any atom is -0.310 e. The molecule has 0 bridgehead atoms. The van der Waals surface area contributed by atoms with Gasteiger partial charge in [0.2, 0.25) is 0 Å². The lowest BCUT2D eigenvalue weighted by Gasteiger charge is -1.99. The van der Waals surface area contributed by atoms with Crippen molar-refractivity contribution in [3.8, 4) is 0 Å². The number of H-pyrrole nitrogens is 1. The first-order chi connectivity index (χ1) is 6.75. The first kappa shape index (κ1) is 9.65. The van der Waals surface area contributed by atoms with E-state index in [1.807, 2.05) is 0 Å². The van der Waals surface area contributed by atoms with Crippen molar-refractivity contribution < 1.29 is 0 Å². The molecule has 0 spiro atoms. The van der Waals surface area contributed by atoms with Crippen LogP contribution in [0.15, 0.2) is 0 Å². The number of hydrogen-bond donors (Lipinski definition) is 2. The summed E-state index contributed by atoms with van der Waals surface area (Å²) in [7, 11) is 0. The summed E-state index contributed by atoms with van der Waals surface area (Å²) in [5, 5.41) is 10.5. The van der Waals surface area contributed by atoms with Crippen molar-refractivity contribution in [2.24, 2.45) is 5.92 Å². The lowest BCUT2D eigenvalue weighted by molar-refractivity contribution is 0.620. The van der Waals surface area contributed by atoms with Crippen LogP contribution in [-0.2, 0) is 6.54 Å². The van der Waals surface area contributed by atoms with E-state index in [9.17, 15) is 0 Å². The van der Waals surface area contributed by atoms with Crippen LogP contribution in [-0.4, -0.2) is 21.7 Å². The summed E-state index contributed by atoms with van der Waals surface area (Å²) in [6.45, 7) is 6.14. The number of nitrogens with one attached hydrogen (secondary N) is 2. The van der Waals surface area contributed by atoms with Gasteiger partial charge in [0.15, 0.2) is 5.82 Å². The van der Waals surface area contributed by atoms with E-state index in [0.717, 1.165) is 30.7 Å². The number of aromatic amines is 1. The van der Waals surface area contributed by atoms with E-state index in [1.165, 1.54) is 12.8 Å². The first-order valence-corrected chi connectivity index (χ1v) is 5.37. The zero-order valence-corrected chi connectivity index (χ0v) is 8.88. The molecule has 1 aromatic rings. The van der Waals surface area contributed by atoms with E-state index in [2.05, 4.69) is 34.3 Å². The van der Waals surface area contributed by atoms with E-state index in [1.54, 1.807) is 0 Å². The van der Waals surface area contributed by atoms with E-state index in [4.69, 9.17) is 0 Å². The van der Waals surface area contributed by atoms with Crippen LogP contribution in [0.3, 0.4) is 0 Å². The van der Waals surface area contributed by atoms with Gasteiger partial charge in [-0.05, 0) is 25.3 Å². The summed E-state index contributed by atoms with van der Waals surface area (Å²) < 4.78 is 0. The van der Waals surface area contributed by atoms with Crippen molar-refractivity contribution in [2.75, 3.05) is 6.54 Å². The van der Waals surface area contributed by atoms with E-state index in [-0.39, 0.29) is 0 Å². The van der Waals surface area contributed by atoms with Crippen LogP contribution < -0.4 is 5.32 Å². The Hall–Kier alpha value is -0.900. The predicted molar refractivity (Wildman–Crippen MR) is 54.9 cm³/mol. The van der Waals surface area contributed by atoms with Crippen LogP contribution in [0.1, 0.15) is 44.3 Å². The average Bonchev–Trinajstić information content (AvgIpc) is 2.82. The fourth-order valence-electron chi connectivity index (χ4n) is 1.36. The van der Waals surface area contributed by atoms with Crippen molar-refractivity contribution in [2.45, 2.75) is 39.2 Å². The van der Waals surface area contributed by atoms with E-state index in [0.29, 0.717) is 5.92 Å². The first-order valence-electron chi connectivity index (χ1n) is 5.37. The van der Waals surface area contributed by atoms with Gasteiger partial charge in [0, 0.05) is 5.92 Å². The molecule has 1 aliphatic rings. The SMILES string of the molecule is CC(C)c1n[nH]c(CNCC2CC2)n1. The molecule has 0 radical (unpaired) electrons. The monoisotopic (exact) mass is 194 g/mol. The van der Waals surface area contributed by atoms with Gasteiger partial charge in [-0.3, -0.25) is 5.10 Å². The average molecular weight is 194 g/mol. The normalized spacial score (nSPS) is 16.5. The van der Waals surface area contributed by atoms with Gasteiger partial charge in [-0.25, -0.2) is 4.98 Å². The second-order valence-corrected chi connectivity index (χ2v) is 4.37. The van der Waals surface area contributed by atoms with E-state index >= 15 is 0 Å². The lowest BCUT2D eigenvalue weighted by Crippen LogP contribution is -2.17. The standard InChI is InChI=1S/C10H18N4/c1-7(2)10-12-9(13-14-10)6-11-5-8-3-4-8/h7-8,11H,3-6H2,1-2H3,(H,12,13,14). The van der Waals surface area contributed by atoms with Crippen LogP contribution in [0, 0.1) is 5.92 Å². The van der Waals surface area contributed by atoms with Crippen molar-refractivity contribution in [1.82, 2.24) is 20.5 Å². The molecule has 14 heavy (non-hydrogen) atoms. The summed E-state index contributed by atoms with van der Waals surface area (Å²) >= 11 is 0. The van der Waals surface area contributed by atoms with Gasteiger partial charge in [-0.1, -0.05) is 13.8 Å². The molecule has 1 saturated carbocycles. The van der Waals surface area contributed by atoms with Crippen LogP contribution in [0.5, 0.6) is 0 Å². The molecule has 0 aliphatic heterocycles. The molecule has 0 amide bonds. The largest absolute Gasteiger partial charge is 0.310 e. The Balaban J connectivity index is 1.77. The number of hydrogen-bond acceptors (Lipinski definition) is 3. The Kier molecular flexibility index (Phi) is 2.82. The summed E-state index contributed by atoms with van der Waals surface area (Å²) in [5.74, 6) is 3.19. The molecule has 1 aromatic heterocycles. The van der Waals surface area contributed by atoms with Crippen molar-refractivity contribution >= 4 is 0 Å². The fraction of sp³-hybridized carbons (Fsp3) is 0.800.